The lowest BCUT2D eigenvalue weighted by Gasteiger charge is -2.34. The third-order valence-electron chi connectivity index (χ3n) is 5.87. The molecule has 0 saturated carbocycles. The van der Waals surface area contributed by atoms with Crippen LogP contribution >= 0.6 is 0 Å². The summed E-state index contributed by atoms with van der Waals surface area (Å²) in [4.78, 5) is 23.4. The van der Waals surface area contributed by atoms with Gasteiger partial charge in [0.05, 0.1) is 11.7 Å². The van der Waals surface area contributed by atoms with Gasteiger partial charge in [-0.1, -0.05) is 38.7 Å². The fourth-order valence-corrected chi connectivity index (χ4v) is 4.51. The van der Waals surface area contributed by atoms with Crippen LogP contribution in [0, 0.1) is 6.92 Å². The van der Waals surface area contributed by atoms with Crippen molar-refractivity contribution < 1.29 is 9.53 Å². The van der Waals surface area contributed by atoms with Crippen LogP contribution in [0.4, 0.5) is 5.69 Å². The first kappa shape index (κ1) is 28.7. The summed E-state index contributed by atoms with van der Waals surface area (Å²) >= 11 is 0. The molecule has 0 aliphatic carbocycles. The first-order valence-corrected chi connectivity index (χ1v) is 16.1. The van der Waals surface area contributed by atoms with E-state index in [-0.39, 0.29) is 18.1 Å². The van der Waals surface area contributed by atoms with Crippen molar-refractivity contribution in [2.75, 3.05) is 25.7 Å². The highest BCUT2D eigenvalue weighted by molar-refractivity contribution is 6.76. The van der Waals surface area contributed by atoms with Crippen LogP contribution < -0.4 is 10.6 Å². The summed E-state index contributed by atoms with van der Waals surface area (Å²) < 4.78 is 6.07. The van der Waals surface area contributed by atoms with E-state index < -0.39 is 8.07 Å². The van der Waals surface area contributed by atoms with Gasteiger partial charge < -0.3 is 15.0 Å². The normalized spacial score (nSPS) is 13.9. The van der Waals surface area contributed by atoms with Gasteiger partial charge in [0.25, 0.3) is 5.91 Å². The Bertz CT molecular complexity index is 990. The number of amides is 1. The van der Waals surface area contributed by atoms with E-state index in [0.717, 1.165) is 41.7 Å². The molecule has 2 aromatic rings. The van der Waals surface area contributed by atoms with Crippen LogP contribution in [0.2, 0.25) is 25.7 Å². The molecule has 1 amide bonds. The minimum Gasteiger partial charge on any atom is -0.361 e. The molecule has 1 heterocycles. The molecule has 0 aliphatic rings. The number of carbonyl (C=O) groups excluding carboxylic acids is 1. The number of anilines is 1. The number of carbonyl (C=O) groups is 1. The second-order valence-electron chi connectivity index (χ2n) is 10.2. The fraction of sp³-hybridized carbons (Fsp3) is 0.519. The number of ether oxygens (including phenoxy) is 1. The van der Waals surface area contributed by atoms with E-state index in [2.05, 4.69) is 72.0 Å². The van der Waals surface area contributed by atoms with Gasteiger partial charge in [-0.15, -0.1) is 0 Å². The third kappa shape index (κ3) is 9.55. The Kier molecular flexibility index (Phi) is 11.1. The van der Waals surface area contributed by atoms with Crippen molar-refractivity contribution in [1.82, 2.24) is 15.2 Å². The predicted octanol–water partition coefficient (Wildman–Crippen LogP) is 5.69. The SMILES string of the molecule is CCC(=NC)N(COCC[Si](C)(C)C)C(C)N[C@@H](C)c1cccc(NC(=O)c2cncc(C)c2)c1. The number of aliphatic imine (C=N–C) groups is 1. The number of nitrogens with zero attached hydrogens (tertiary/aromatic N) is 3. The molecule has 0 bridgehead atoms. The Morgan fingerprint density at radius 3 is 2.57 bits per heavy atom. The largest absolute Gasteiger partial charge is 0.361 e. The summed E-state index contributed by atoms with van der Waals surface area (Å²) in [7, 11) is 0.698. The zero-order chi connectivity index (χ0) is 26.0. The van der Waals surface area contributed by atoms with Crippen LogP contribution in [-0.2, 0) is 4.74 Å². The van der Waals surface area contributed by atoms with Crippen molar-refractivity contribution in [3.05, 3.63) is 59.4 Å². The van der Waals surface area contributed by atoms with Crippen LogP contribution in [0.1, 0.15) is 54.7 Å². The molecule has 0 fully saturated rings. The molecule has 2 rings (SSSR count). The van der Waals surface area contributed by atoms with Crippen molar-refractivity contribution >= 4 is 25.5 Å². The maximum Gasteiger partial charge on any atom is 0.257 e. The number of pyridine rings is 1. The van der Waals surface area contributed by atoms with Crippen LogP contribution in [-0.4, -0.2) is 56.3 Å². The van der Waals surface area contributed by atoms with Crippen molar-refractivity contribution in [1.29, 1.82) is 0 Å². The number of aryl methyl sites for hydroxylation is 1. The summed E-state index contributed by atoms with van der Waals surface area (Å²) in [6, 6.07) is 11.0. The lowest BCUT2D eigenvalue weighted by atomic mass is 10.1. The summed E-state index contributed by atoms with van der Waals surface area (Å²) in [6.45, 7) is 16.7. The molecule has 1 aromatic heterocycles. The topological polar surface area (TPSA) is 78.9 Å². The Labute approximate surface area is 212 Å². The molecule has 2 atom stereocenters. The van der Waals surface area contributed by atoms with Crippen molar-refractivity contribution in [2.24, 2.45) is 4.99 Å². The summed E-state index contributed by atoms with van der Waals surface area (Å²) in [5, 5.41) is 6.66. The molecule has 0 aliphatic heterocycles. The third-order valence-corrected chi connectivity index (χ3v) is 7.58. The fourth-order valence-electron chi connectivity index (χ4n) is 3.76. The van der Waals surface area contributed by atoms with Gasteiger partial charge in [0.1, 0.15) is 12.6 Å². The molecular formula is C27H43N5O2Si. The summed E-state index contributed by atoms with van der Waals surface area (Å²) in [5.41, 5.74) is 3.34. The molecule has 1 unspecified atom stereocenters. The van der Waals surface area contributed by atoms with E-state index in [1.54, 1.807) is 12.4 Å². The van der Waals surface area contributed by atoms with Gasteiger partial charge in [0, 0.05) is 52.3 Å². The number of rotatable bonds is 12. The first-order valence-electron chi connectivity index (χ1n) is 12.4. The van der Waals surface area contributed by atoms with Gasteiger partial charge in [-0.25, -0.2) is 0 Å². The average molecular weight is 498 g/mol. The first-order chi connectivity index (χ1) is 16.5. The van der Waals surface area contributed by atoms with E-state index in [1.807, 2.05) is 38.2 Å². The van der Waals surface area contributed by atoms with Crippen LogP contribution in [0.5, 0.6) is 0 Å². The van der Waals surface area contributed by atoms with Crippen molar-refractivity contribution in [2.45, 2.75) is 72.0 Å². The Morgan fingerprint density at radius 1 is 1.20 bits per heavy atom. The minimum absolute atomic E-state index is 0.0205. The smallest absolute Gasteiger partial charge is 0.257 e. The van der Waals surface area contributed by atoms with Gasteiger partial charge in [0.2, 0.25) is 0 Å². The van der Waals surface area contributed by atoms with Crippen molar-refractivity contribution in [3.8, 4) is 0 Å². The zero-order valence-electron chi connectivity index (χ0n) is 22.7. The van der Waals surface area contributed by atoms with Crippen LogP contribution in [0.3, 0.4) is 0 Å². The van der Waals surface area contributed by atoms with Crippen LogP contribution in [0.25, 0.3) is 0 Å². The number of nitrogens with one attached hydrogen (secondary N) is 2. The molecule has 7 nitrogen and oxygen atoms in total. The van der Waals surface area contributed by atoms with Gasteiger partial charge in [-0.2, -0.15) is 0 Å². The van der Waals surface area contributed by atoms with Gasteiger partial charge in [-0.3, -0.25) is 20.1 Å². The number of aromatic nitrogens is 1. The minimum atomic E-state index is -1.14. The van der Waals surface area contributed by atoms with E-state index >= 15 is 0 Å². The Balaban J connectivity index is 2.05. The lowest BCUT2D eigenvalue weighted by molar-refractivity contribution is 0.0460. The molecule has 0 radical (unpaired) electrons. The monoisotopic (exact) mass is 497 g/mol. The lowest BCUT2D eigenvalue weighted by Crippen LogP contribution is -2.48. The van der Waals surface area contributed by atoms with Gasteiger partial charge in [-0.05, 0) is 56.1 Å². The zero-order valence-corrected chi connectivity index (χ0v) is 23.7. The van der Waals surface area contributed by atoms with Gasteiger partial charge >= 0.3 is 0 Å². The number of hydrogen-bond acceptors (Lipinski definition) is 5. The Morgan fingerprint density at radius 2 is 1.94 bits per heavy atom. The predicted molar refractivity (Wildman–Crippen MR) is 149 cm³/mol. The molecular weight excluding hydrogens is 454 g/mol. The quantitative estimate of drug-likeness (QED) is 0.129. The number of hydrogen-bond donors (Lipinski definition) is 2. The number of benzene rings is 1. The maximum atomic E-state index is 12.6. The highest BCUT2D eigenvalue weighted by atomic mass is 28.3. The molecule has 0 spiro atoms. The van der Waals surface area contributed by atoms with E-state index in [0.29, 0.717) is 12.3 Å². The highest BCUT2D eigenvalue weighted by Crippen LogP contribution is 2.20. The highest BCUT2D eigenvalue weighted by Gasteiger charge is 2.20. The van der Waals surface area contributed by atoms with Crippen LogP contribution in [0.15, 0.2) is 47.7 Å². The average Bonchev–Trinajstić information content (AvgIpc) is 2.80. The second-order valence-corrected chi connectivity index (χ2v) is 15.8. The second kappa shape index (κ2) is 13.5. The molecule has 1 aromatic carbocycles. The molecule has 192 valence electrons. The van der Waals surface area contributed by atoms with Gasteiger partial charge in [0.15, 0.2) is 0 Å². The number of amidine groups is 1. The van der Waals surface area contributed by atoms with E-state index in [1.165, 1.54) is 0 Å². The summed E-state index contributed by atoms with van der Waals surface area (Å²) in [6.07, 6.45) is 4.18. The summed E-state index contributed by atoms with van der Waals surface area (Å²) in [5.74, 6) is 0.846. The van der Waals surface area contributed by atoms with E-state index in [9.17, 15) is 4.79 Å². The maximum absolute atomic E-state index is 12.6. The Hall–Kier alpha value is -2.55. The standard InChI is InChI=1S/C27H43N5O2Si/c1-9-26(28-5)32(19-34-13-14-35(6,7)8)22(4)30-21(3)23-11-10-12-25(16-23)31-27(33)24-15-20(2)17-29-18-24/h10-12,15-18,21-22,30H,9,13-14,19H2,1-8H3,(H,31,33)/t21-,22?/m0/s1. The molecule has 35 heavy (non-hydrogen) atoms. The van der Waals surface area contributed by atoms with Crippen molar-refractivity contribution in [3.63, 3.8) is 0 Å². The molecule has 2 N–H and O–H groups in total. The molecule has 0 saturated heterocycles. The molecule has 8 heteroatoms. The van der Waals surface area contributed by atoms with E-state index in [4.69, 9.17) is 4.74 Å².